The van der Waals surface area contributed by atoms with Crippen LogP contribution in [0.2, 0.25) is 0 Å². The van der Waals surface area contributed by atoms with Gasteiger partial charge in [0.25, 0.3) is 5.91 Å². The molecule has 1 unspecified atom stereocenters. The van der Waals surface area contributed by atoms with Gasteiger partial charge in [0, 0.05) is 18.5 Å². The zero-order chi connectivity index (χ0) is 18.3. The van der Waals surface area contributed by atoms with Gasteiger partial charge in [0.1, 0.15) is 0 Å². The number of hydrogen-bond acceptors (Lipinski definition) is 4. The monoisotopic (exact) mass is 366 g/mol. The second kappa shape index (κ2) is 6.21. The number of rotatable bonds is 3. The Morgan fingerprint density at radius 1 is 1.23 bits per heavy atom. The largest absolute Gasteiger partial charge is 0.481 e. The molecule has 1 aromatic carbocycles. The van der Waals surface area contributed by atoms with E-state index in [1.54, 1.807) is 23.2 Å². The van der Waals surface area contributed by atoms with Crippen LogP contribution in [-0.2, 0) is 4.79 Å². The standard InChI is InChI=1S/C20H18N2O3S/c1-20(19(24)25)8-9-22(12-20)18(23)14-11-16(17-7-4-10-26-17)21-15-6-3-2-5-13(14)15/h2-7,10-11H,8-9,12H2,1H3,(H,24,25). The van der Waals surface area contributed by atoms with Gasteiger partial charge in [0.15, 0.2) is 0 Å². The molecule has 1 aliphatic rings. The van der Waals surface area contributed by atoms with Crippen molar-refractivity contribution >= 4 is 34.1 Å². The first-order valence-corrected chi connectivity index (χ1v) is 9.32. The van der Waals surface area contributed by atoms with Gasteiger partial charge in [-0.1, -0.05) is 24.3 Å². The van der Waals surface area contributed by atoms with Gasteiger partial charge in [-0.25, -0.2) is 4.98 Å². The van der Waals surface area contributed by atoms with Gasteiger partial charge in [-0.15, -0.1) is 11.3 Å². The molecule has 5 nitrogen and oxygen atoms in total. The molecule has 1 N–H and O–H groups in total. The maximum absolute atomic E-state index is 13.2. The summed E-state index contributed by atoms with van der Waals surface area (Å²) in [4.78, 5) is 32.0. The molecule has 1 amide bonds. The topological polar surface area (TPSA) is 70.5 Å². The second-order valence-corrected chi connectivity index (χ2v) is 7.84. The van der Waals surface area contributed by atoms with Crippen LogP contribution in [0.4, 0.5) is 0 Å². The highest BCUT2D eigenvalue weighted by atomic mass is 32.1. The first-order valence-electron chi connectivity index (χ1n) is 8.44. The minimum Gasteiger partial charge on any atom is -0.481 e. The number of benzene rings is 1. The van der Waals surface area contributed by atoms with Crippen LogP contribution in [0.5, 0.6) is 0 Å². The number of carboxylic acids is 1. The highest BCUT2D eigenvalue weighted by molar-refractivity contribution is 7.13. The van der Waals surface area contributed by atoms with Crippen molar-refractivity contribution in [2.75, 3.05) is 13.1 Å². The molecule has 1 aliphatic heterocycles. The molecule has 3 aromatic rings. The Balaban J connectivity index is 1.78. The molecule has 0 spiro atoms. The predicted octanol–water partition coefficient (Wildman–Crippen LogP) is 3.90. The van der Waals surface area contributed by atoms with Gasteiger partial charge in [-0.05, 0) is 36.9 Å². The minimum atomic E-state index is -0.880. The highest BCUT2D eigenvalue weighted by Crippen LogP contribution is 2.33. The fourth-order valence-corrected chi connectivity index (χ4v) is 4.07. The van der Waals surface area contributed by atoms with Crippen molar-refractivity contribution in [1.82, 2.24) is 9.88 Å². The average Bonchev–Trinajstić information content (AvgIpc) is 3.31. The number of amides is 1. The molecule has 4 rings (SSSR count). The molecule has 132 valence electrons. The Labute approximate surface area is 154 Å². The van der Waals surface area contributed by atoms with Gasteiger partial charge in [-0.2, -0.15) is 0 Å². The maximum Gasteiger partial charge on any atom is 0.311 e. The average molecular weight is 366 g/mol. The van der Waals surface area contributed by atoms with Gasteiger partial charge in [-0.3, -0.25) is 9.59 Å². The number of carbonyl (C=O) groups is 2. The summed E-state index contributed by atoms with van der Waals surface area (Å²) in [6.45, 7) is 2.38. The van der Waals surface area contributed by atoms with Gasteiger partial charge >= 0.3 is 5.97 Å². The first-order chi connectivity index (χ1) is 12.5. The fourth-order valence-electron chi connectivity index (χ4n) is 3.38. The normalized spacial score (nSPS) is 19.8. The summed E-state index contributed by atoms with van der Waals surface area (Å²) in [6, 6.07) is 13.3. The number of likely N-dealkylation sites (tertiary alicyclic amines) is 1. The zero-order valence-electron chi connectivity index (χ0n) is 14.3. The Hall–Kier alpha value is -2.73. The maximum atomic E-state index is 13.2. The third-order valence-corrected chi connectivity index (χ3v) is 5.89. The van der Waals surface area contributed by atoms with Crippen molar-refractivity contribution in [3.8, 4) is 10.6 Å². The predicted molar refractivity (Wildman–Crippen MR) is 101 cm³/mol. The number of nitrogens with zero attached hydrogens (tertiary/aromatic N) is 2. The number of aliphatic carboxylic acids is 1. The Morgan fingerprint density at radius 3 is 2.73 bits per heavy atom. The van der Waals surface area contributed by atoms with Crippen LogP contribution in [0, 0.1) is 5.41 Å². The van der Waals surface area contributed by atoms with Crippen LogP contribution in [0.15, 0.2) is 47.8 Å². The summed E-state index contributed by atoms with van der Waals surface area (Å²) in [5, 5.41) is 12.2. The molecule has 1 saturated heterocycles. The summed E-state index contributed by atoms with van der Waals surface area (Å²) in [6.07, 6.45) is 0.467. The number of carbonyl (C=O) groups excluding carboxylic acids is 1. The van der Waals surface area contributed by atoms with Gasteiger partial charge in [0.2, 0.25) is 0 Å². The number of aromatic nitrogens is 1. The van der Waals surface area contributed by atoms with Crippen LogP contribution in [0.1, 0.15) is 23.7 Å². The summed E-state index contributed by atoms with van der Waals surface area (Å²) in [5.74, 6) is -0.988. The molecular formula is C20H18N2O3S. The zero-order valence-corrected chi connectivity index (χ0v) is 15.1. The SMILES string of the molecule is CC1(C(=O)O)CCN(C(=O)c2cc(-c3cccs3)nc3ccccc23)C1. The lowest BCUT2D eigenvalue weighted by atomic mass is 9.90. The number of para-hydroxylation sites is 1. The molecule has 0 saturated carbocycles. The Bertz CT molecular complexity index is 999. The van der Waals surface area contributed by atoms with E-state index in [9.17, 15) is 14.7 Å². The van der Waals surface area contributed by atoms with Crippen LogP contribution in [0.3, 0.4) is 0 Å². The molecule has 2 aromatic heterocycles. The van der Waals surface area contributed by atoms with E-state index in [4.69, 9.17) is 0 Å². The van der Waals surface area contributed by atoms with E-state index in [0.717, 1.165) is 21.5 Å². The van der Waals surface area contributed by atoms with Crippen molar-refractivity contribution in [2.45, 2.75) is 13.3 Å². The lowest BCUT2D eigenvalue weighted by molar-refractivity contribution is -0.147. The van der Waals surface area contributed by atoms with Crippen molar-refractivity contribution in [3.63, 3.8) is 0 Å². The van der Waals surface area contributed by atoms with Crippen LogP contribution in [-0.4, -0.2) is 40.0 Å². The molecule has 1 fully saturated rings. The summed E-state index contributed by atoms with van der Waals surface area (Å²) in [7, 11) is 0. The lowest BCUT2D eigenvalue weighted by Gasteiger charge is -2.21. The summed E-state index contributed by atoms with van der Waals surface area (Å²) >= 11 is 1.58. The number of carboxylic acid groups (broad SMARTS) is 1. The van der Waals surface area contributed by atoms with Crippen molar-refractivity contribution < 1.29 is 14.7 Å². The molecule has 0 radical (unpaired) electrons. The number of fused-ring (bicyclic) bond motifs is 1. The van der Waals surface area contributed by atoms with Crippen LogP contribution < -0.4 is 0 Å². The quantitative estimate of drug-likeness (QED) is 0.763. The van der Waals surface area contributed by atoms with E-state index in [0.29, 0.717) is 18.5 Å². The third-order valence-electron chi connectivity index (χ3n) is 5.00. The van der Waals surface area contributed by atoms with Gasteiger partial charge in [0.05, 0.1) is 27.1 Å². The van der Waals surface area contributed by atoms with Crippen molar-refractivity contribution in [3.05, 3.63) is 53.4 Å². The van der Waals surface area contributed by atoms with Crippen LogP contribution in [0.25, 0.3) is 21.5 Å². The fraction of sp³-hybridized carbons (Fsp3) is 0.250. The molecule has 1 atom stereocenters. The molecule has 0 aliphatic carbocycles. The first kappa shape index (κ1) is 16.7. The van der Waals surface area contributed by atoms with Gasteiger partial charge < -0.3 is 10.0 Å². The van der Waals surface area contributed by atoms with E-state index in [-0.39, 0.29) is 12.5 Å². The summed E-state index contributed by atoms with van der Waals surface area (Å²) < 4.78 is 0. The molecule has 0 bridgehead atoms. The minimum absolute atomic E-state index is 0.133. The lowest BCUT2D eigenvalue weighted by Crippen LogP contribution is -2.35. The molecular weight excluding hydrogens is 348 g/mol. The number of hydrogen-bond donors (Lipinski definition) is 1. The van der Waals surface area contributed by atoms with Crippen LogP contribution >= 0.6 is 11.3 Å². The smallest absolute Gasteiger partial charge is 0.311 e. The van der Waals surface area contributed by atoms with E-state index in [1.165, 1.54) is 0 Å². The molecule has 3 heterocycles. The third kappa shape index (κ3) is 2.76. The van der Waals surface area contributed by atoms with Crippen molar-refractivity contribution in [2.24, 2.45) is 5.41 Å². The second-order valence-electron chi connectivity index (χ2n) is 6.89. The van der Waals surface area contributed by atoms with E-state index >= 15 is 0 Å². The van der Waals surface area contributed by atoms with Crippen molar-refractivity contribution in [1.29, 1.82) is 0 Å². The van der Waals surface area contributed by atoms with E-state index in [2.05, 4.69) is 4.98 Å². The Kier molecular flexibility index (Phi) is 4.00. The summed E-state index contributed by atoms with van der Waals surface area (Å²) in [5.41, 5.74) is 1.23. The Morgan fingerprint density at radius 2 is 2.04 bits per heavy atom. The van der Waals surface area contributed by atoms with E-state index in [1.807, 2.05) is 47.8 Å². The highest BCUT2D eigenvalue weighted by Gasteiger charge is 2.42. The molecule has 6 heteroatoms. The molecule has 26 heavy (non-hydrogen) atoms. The van der Waals surface area contributed by atoms with E-state index < -0.39 is 11.4 Å². The number of pyridine rings is 1. The number of thiophene rings is 1.